The molecule has 1 amide bonds. The SMILES string of the molecule is C#CCn1nc(CNC(=O)c2ccc(OC(C)C)cc2)c2ccccc2c1=O. The van der Waals surface area contributed by atoms with E-state index in [1.54, 1.807) is 36.4 Å². The van der Waals surface area contributed by atoms with Gasteiger partial charge in [-0.3, -0.25) is 9.59 Å². The normalized spacial score (nSPS) is 10.6. The molecule has 0 aliphatic heterocycles. The van der Waals surface area contributed by atoms with Gasteiger partial charge in [-0.25, -0.2) is 4.68 Å². The molecule has 1 aromatic heterocycles. The Kier molecular flexibility index (Phi) is 5.75. The lowest BCUT2D eigenvalue weighted by Gasteiger charge is -2.11. The average Bonchev–Trinajstić information content (AvgIpc) is 2.69. The van der Waals surface area contributed by atoms with Crippen LogP contribution >= 0.6 is 0 Å². The van der Waals surface area contributed by atoms with Gasteiger partial charge < -0.3 is 10.1 Å². The molecule has 0 saturated carbocycles. The van der Waals surface area contributed by atoms with E-state index in [4.69, 9.17) is 11.2 Å². The monoisotopic (exact) mass is 375 g/mol. The van der Waals surface area contributed by atoms with Crippen molar-refractivity contribution in [3.63, 3.8) is 0 Å². The Morgan fingerprint density at radius 1 is 1.18 bits per heavy atom. The molecule has 0 aliphatic carbocycles. The number of hydrogen-bond donors (Lipinski definition) is 1. The van der Waals surface area contributed by atoms with E-state index >= 15 is 0 Å². The van der Waals surface area contributed by atoms with Crippen LogP contribution in [0.25, 0.3) is 10.8 Å². The summed E-state index contributed by atoms with van der Waals surface area (Å²) in [5, 5.41) is 8.39. The summed E-state index contributed by atoms with van der Waals surface area (Å²) in [6, 6.07) is 14.1. The second-order valence-electron chi connectivity index (χ2n) is 6.53. The molecule has 0 unspecified atom stereocenters. The molecule has 3 rings (SSSR count). The van der Waals surface area contributed by atoms with Crippen LogP contribution in [0.5, 0.6) is 5.75 Å². The summed E-state index contributed by atoms with van der Waals surface area (Å²) in [4.78, 5) is 24.9. The Hall–Kier alpha value is -3.59. The molecular formula is C22H21N3O3. The Morgan fingerprint density at radius 3 is 2.50 bits per heavy atom. The number of hydrogen-bond acceptors (Lipinski definition) is 4. The molecule has 1 N–H and O–H groups in total. The van der Waals surface area contributed by atoms with Gasteiger partial charge in [-0.1, -0.05) is 24.1 Å². The maximum atomic E-state index is 12.5. The lowest BCUT2D eigenvalue weighted by atomic mass is 10.1. The van der Waals surface area contributed by atoms with E-state index in [1.807, 2.05) is 26.0 Å². The zero-order valence-corrected chi connectivity index (χ0v) is 15.8. The first-order valence-corrected chi connectivity index (χ1v) is 8.96. The molecule has 0 bridgehead atoms. The van der Waals surface area contributed by atoms with Crippen LogP contribution in [0.15, 0.2) is 53.3 Å². The van der Waals surface area contributed by atoms with E-state index in [9.17, 15) is 9.59 Å². The third-order valence-electron chi connectivity index (χ3n) is 4.09. The summed E-state index contributed by atoms with van der Waals surface area (Å²) < 4.78 is 6.82. The highest BCUT2D eigenvalue weighted by Gasteiger charge is 2.12. The lowest BCUT2D eigenvalue weighted by Crippen LogP contribution is -2.28. The van der Waals surface area contributed by atoms with Crippen LogP contribution in [-0.2, 0) is 13.1 Å². The molecule has 28 heavy (non-hydrogen) atoms. The van der Waals surface area contributed by atoms with Gasteiger partial charge in [0.15, 0.2) is 0 Å². The molecule has 0 atom stereocenters. The summed E-state index contributed by atoms with van der Waals surface area (Å²) in [5.41, 5.74) is 0.847. The van der Waals surface area contributed by atoms with Crippen LogP contribution in [0.4, 0.5) is 0 Å². The van der Waals surface area contributed by atoms with Crippen molar-refractivity contribution in [2.24, 2.45) is 0 Å². The molecule has 0 saturated heterocycles. The standard InChI is InChI=1S/C22H21N3O3/c1-4-13-25-22(27)19-8-6-5-7-18(19)20(24-25)14-23-21(26)16-9-11-17(12-10-16)28-15(2)3/h1,5-12,15H,13-14H2,2-3H3,(H,23,26). The van der Waals surface area contributed by atoms with Crippen LogP contribution in [0, 0.1) is 12.3 Å². The maximum Gasteiger partial charge on any atom is 0.275 e. The fraction of sp³-hybridized carbons (Fsp3) is 0.227. The minimum Gasteiger partial charge on any atom is -0.491 e. The second kappa shape index (κ2) is 8.40. The number of carbonyl (C=O) groups excluding carboxylic acids is 1. The summed E-state index contributed by atoms with van der Waals surface area (Å²) in [6.07, 6.45) is 5.40. The highest BCUT2D eigenvalue weighted by Crippen LogP contribution is 2.15. The number of benzene rings is 2. The summed E-state index contributed by atoms with van der Waals surface area (Å²) in [7, 11) is 0. The Balaban J connectivity index is 1.81. The maximum absolute atomic E-state index is 12.5. The predicted molar refractivity (Wildman–Crippen MR) is 108 cm³/mol. The molecule has 0 spiro atoms. The van der Waals surface area contributed by atoms with E-state index in [0.29, 0.717) is 27.8 Å². The Labute approximate surface area is 163 Å². The molecule has 2 aromatic carbocycles. The lowest BCUT2D eigenvalue weighted by molar-refractivity contribution is 0.0950. The van der Waals surface area contributed by atoms with Crippen molar-refractivity contribution in [3.8, 4) is 18.1 Å². The number of aromatic nitrogens is 2. The molecule has 6 heteroatoms. The van der Waals surface area contributed by atoms with E-state index in [1.165, 1.54) is 4.68 Å². The van der Waals surface area contributed by atoms with Gasteiger partial charge in [0.2, 0.25) is 0 Å². The molecule has 3 aromatic rings. The van der Waals surface area contributed by atoms with Crippen molar-refractivity contribution in [1.29, 1.82) is 0 Å². The fourth-order valence-corrected chi connectivity index (χ4v) is 2.85. The molecular weight excluding hydrogens is 354 g/mol. The minimum atomic E-state index is -0.246. The molecule has 1 heterocycles. The topological polar surface area (TPSA) is 73.2 Å². The van der Waals surface area contributed by atoms with Crippen molar-refractivity contribution in [3.05, 3.63) is 70.1 Å². The van der Waals surface area contributed by atoms with Crippen molar-refractivity contribution >= 4 is 16.7 Å². The average molecular weight is 375 g/mol. The van der Waals surface area contributed by atoms with Crippen LogP contribution < -0.4 is 15.6 Å². The number of fused-ring (bicyclic) bond motifs is 1. The molecule has 142 valence electrons. The van der Waals surface area contributed by atoms with Gasteiger partial charge in [0.25, 0.3) is 11.5 Å². The van der Waals surface area contributed by atoms with E-state index in [0.717, 1.165) is 0 Å². The number of terminal acetylenes is 1. The molecule has 6 nitrogen and oxygen atoms in total. The van der Waals surface area contributed by atoms with Gasteiger partial charge in [0.1, 0.15) is 12.3 Å². The van der Waals surface area contributed by atoms with Crippen molar-refractivity contribution < 1.29 is 9.53 Å². The largest absolute Gasteiger partial charge is 0.491 e. The number of amides is 1. The molecule has 0 radical (unpaired) electrons. The quantitative estimate of drug-likeness (QED) is 0.673. The van der Waals surface area contributed by atoms with Gasteiger partial charge in [0, 0.05) is 10.9 Å². The van der Waals surface area contributed by atoms with Crippen molar-refractivity contribution in [2.75, 3.05) is 0 Å². The van der Waals surface area contributed by atoms with Gasteiger partial charge in [-0.2, -0.15) is 5.10 Å². The summed E-state index contributed by atoms with van der Waals surface area (Å²) in [6.45, 7) is 4.13. The van der Waals surface area contributed by atoms with Gasteiger partial charge in [0.05, 0.1) is 23.7 Å². The van der Waals surface area contributed by atoms with Crippen molar-refractivity contribution in [1.82, 2.24) is 15.1 Å². The zero-order chi connectivity index (χ0) is 20.1. The first-order chi connectivity index (χ1) is 13.5. The fourth-order valence-electron chi connectivity index (χ4n) is 2.85. The van der Waals surface area contributed by atoms with Crippen LogP contribution in [-0.4, -0.2) is 21.8 Å². The van der Waals surface area contributed by atoms with Crippen LogP contribution in [0.1, 0.15) is 29.9 Å². The second-order valence-corrected chi connectivity index (χ2v) is 6.53. The number of nitrogens with zero attached hydrogens (tertiary/aromatic N) is 2. The number of ether oxygens (including phenoxy) is 1. The summed E-state index contributed by atoms with van der Waals surface area (Å²) in [5.74, 6) is 2.90. The van der Waals surface area contributed by atoms with Gasteiger partial charge >= 0.3 is 0 Å². The van der Waals surface area contributed by atoms with E-state index in [-0.39, 0.29) is 30.7 Å². The third kappa shape index (κ3) is 4.21. The molecule has 0 fully saturated rings. The van der Waals surface area contributed by atoms with E-state index in [2.05, 4.69) is 16.3 Å². The van der Waals surface area contributed by atoms with Crippen LogP contribution in [0.3, 0.4) is 0 Å². The number of rotatable bonds is 6. The highest BCUT2D eigenvalue weighted by atomic mass is 16.5. The van der Waals surface area contributed by atoms with Gasteiger partial charge in [-0.15, -0.1) is 6.42 Å². The number of nitrogens with one attached hydrogen (secondary N) is 1. The third-order valence-corrected chi connectivity index (χ3v) is 4.09. The number of carbonyl (C=O) groups is 1. The first kappa shape index (κ1) is 19.2. The van der Waals surface area contributed by atoms with Gasteiger partial charge in [-0.05, 0) is 44.2 Å². The Morgan fingerprint density at radius 2 is 1.86 bits per heavy atom. The zero-order valence-electron chi connectivity index (χ0n) is 15.8. The van der Waals surface area contributed by atoms with Crippen molar-refractivity contribution in [2.45, 2.75) is 33.0 Å². The van der Waals surface area contributed by atoms with E-state index < -0.39 is 0 Å². The first-order valence-electron chi connectivity index (χ1n) is 8.96. The predicted octanol–water partition coefficient (Wildman–Crippen LogP) is 2.75. The van der Waals surface area contributed by atoms with Crippen LogP contribution in [0.2, 0.25) is 0 Å². The highest BCUT2D eigenvalue weighted by molar-refractivity contribution is 5.94. The minimum absolute atomic E-state index is 0.0673. The smallest absolute Gasteiger partial charge is 0.275 e. The Bertz CT molecular complexity index is 1090. The molecule has 0 aliphatic rings. The summed E-state index contributed by atoms with van der Waals surface area (Å²) >= 11 is 0.